The molecule has 7 nitrogen and oxygen atoms in total. The summed E-state index contributed by atoms with van der Waals surface area (Å²) in [6.07, 6.45) is 2.21. The Kier molecular flexibility index (Phi) is 6.08. The van der Waals surface area contributed by atoms with Crippen LogP contribution in [0, 0.1) is 13.8 Å². The van der Waals surface area contributed by atoms with Crippen LogP contribution in [0.25, 0.3) is 5.76 Å². The summed E-state index contributed by atoms with van der Waals surface area (Å²) >= 11 is 0. The highest BCUT2D eigenvalue weighted by Crippen LogP contribution is 2.39. The lowest BCUT2D eigenvalue weighted by atomic mass is 9.95. The number of benzene rings is 1. The van der Waals surface area contributed by atoms with Gasteiger partial charge in [0, 0.05) is 12.7 Å². The number of Topliss-reactive ketones (excluding diaryl/α,β-unsaturated/α-hetero) is 1. The minimum absolute atomic E-state index is 0.0848. The SMILES string of the molecule is Cc1ncc(/C(O)=C2\C(=O)C(=O)N(CCCN(C)C)[C@@H]2c2ccccc2)c(C)n1. The number of amides is 1. The van der Waals surface area contributed by atoms with Crippen LogP contribution in [0.1, 0.15) is 35.1 Å². The van der Waals surface area contributed by atoms with Crippen LogP contribution in [0.5, 0.6) is 0 Å². The molecule has 1 atom stereocenters. The first-order valence-electron chi connectivity index (χ1n) is 9.60. The van der Waals surface area contributed by atoms with Gasteiger partial charge in [-0.2, -0.15) is 0 Å². The minimum atomic E-state index is -0.679. The van der Waals surface area contributed by atoms with E-state index >= 15 is 0 Å². The van der Waals surface area contributed by atoms with E-state index < -0.39 is 17.7 Å². The Bertz CT molecular complexity index is 954. The number of hydrogen-bond donors (Lipinski definition) is 1. The van der Waals surface area contributed by atoms with Crippen molar-refractivity contribution in [1.82, 2.24) is 19.8 Å². The van der Waals surface area contributed by atoms with E-state index in [1.54, 1.807) is 18.7 Å². The second-order valence-corrected chi connectivity index (χ2v) is 7.48. The number of ketones is 1. The van der Waals surface area contributed by atoms with Crippen LogP contribution in [-0.2, 0) is 9.59 Å². The maximum Gasteiger partial charge on any atom is 0.295 e. The molecular formula is C22H26N4O3. The zero-order valence-electron chi connectivity index (χ0n) is 17.2. The lowest BCUT2D eigenvalue weighted by Crippen LogP contribution is -2.32. The van der Waals surface area contributed by atoms with Crippen molar-refractivity contribution in [2.45, 2.75) is 26.3 Å². The fourth-order valence-electron chi connectivity index (χ4n) is 3.61. The molecule has 7 heteroatoms. The van der Waals surface area contributed by atoms with E-state index in [1.165, 1.54) is 6.20 Å². The smallest absolute Gasteiger partial charge is 0.295 e. The van der Waals surface area contributed by atoms with Crippen molar-refractivity contribution >= 4 is 17.4 Å². The summed E-state index contributed by atoms with van der Waals surface area (Å²) in [6.45, 7) is 4.71. The zero-order valence-corrected chi connectivity index (χ0v) is 17.2. The summed E-state index contributed by atoms with van der Waals surface area (Å²) in [7, 11) is 3.92. The topological polar surface area (TPSA) is 86.6 Å². The molecular weight excluding hydrogens is 368 g/mol. The molecule has 2 aromatic rings. The third kappa shape index (κ3) is 4.19. The maximum atomic E-state index is 12.9. The van der Waals surface area contributed by atoms with Crippen LogP contribution in [0.3, 0.4) is 0 Å². The van der Waals surface area contributed by atoms with Gasteiger partial charge >= 0.3 is 0 Å². The zero-order chi connectivity index (χ0) is 21.1. The fraction of sp³-hybridized carbons (Fsp3) is 0.364. The first-order valence-corrected chi connectivity index (χ1v) is 9.60. The number of hydrogen-bond acceptors (Lipinski definition) is 6. The quantitative estimate of drug-likeness (QED) is 0.460. The van der Waals surface area contributed by atoms with E-state index in [1.807, 2.05) is 49.3 Å². The molecule has 1 fully saturated rings. The van der Waals surface area contributed by atoms with Gasteiger partial charge in [0.15, 0.2) is 0 Å². The molecule has 0 aliphatic carbocycles. The van der Waals surface area contributed by atoms with E-state index in [-0.39, 0.29) is 11.3 Å². The van der Waals surface area contributed by atoms with Crippen molar-refractivity contribution in [3.63, 3.8) is 0 Å². The largest absolute Gasteiger partial charge is 0.507 e. The number of nitrogens with zero attached hydrogens (tertiary/aromatic N) is 4. The highest BCUT2D eigenvalue weighted by atomic mass is 16.3. The fourth-order valence-corrected chi connectivity index (χ4v) is 3.61. The van der Waals surface area contributed by atoms with Gasteiger partial charge in [-0.1, -0.05) is 30.3 Å². The van der Waals surface area contributed by atoms with Crippen LogP contribution >= 0.6 is 0 Å². The highest BCUT2D eigenvalue weighted by Gasteiger charge is 2.45. The monoisotopic (exact) mass is 394 g/mol. The summed E-state index contributed by atoms with van der Waals surface area (Å²) in [6, 6.07) is 8.67. The van der Waals surface area contributed by atoms with Gasteiger partial charge in [-0.3, -0.25) is 9.59 Å². The predicted octanol–water partition coefficient (Wildman–Crippen LogP) is 2.47. The predicted molar refractivity (Wildman–Crippen MR) is 110 cm³/mol. The summed E-state index contributed by atoms with van der Waals surface area (Å²) in [4.78, 5) is 37.8. The van der Waals surface area contributed by atoms with Gasteiger partial charge in [0.1, 0.15) is 11.6 Å². The molecule has 1 N–H and O–H groups in total. The summed E-state index contributed by atoms with van der Waals surface area (Å²) in [5.41, 5.74) is 1.79. The molecule has 1 aliphatic rings. The second kappa shape index (κ2) is 8.53. The van der Waals surface area contributed by atoms with Crippen molar-refractivity contribution < 1.29 is 14.7 Å². The van der Waals surface area contributed by atoms with Crippen molar-refractivity contribution in [2.24, 2.45) is 0 Å². The molecule has 29 heavy (non-hydrogen) atoms. The molecule has 1 aromatic carbocycles. The molecule has 2 heterocycles. The third-order valence-electron chi connectivity index (χ3n) is 5.01. The van der Waals surface area contributed by atoms with Gasteiger partial charge in [0.25, 0.3) is 11.7 Å². The molecule has 1 aliphatic heterocycles. The number of aliphatic hydroxyl groups is 1. The Labute approximate surface area is 170 Å². The van der Waals surface area contributed by atoms with Gasteiger partial charge in [-0.25, -0.2) is 9.97 Å². The average molecular weight is 394 g/mol. The summed E-state index contributed by atoms with van der Waals surface area (Å²) in [5, 5.41) is 11.0. The number of aryl methyl sites for hydroxylation is 2. The molecule has 1 saturated heterocycles. The Hall–Kier alpha value is -3.06. The molecule has 0 unspecified atom stereocenters. The number of likely N-dealkylation sites (tertiary alicyclic amines) is 1. The number of carbonyl (C=O) groups is 2. The third-order valence-corrected chi connectivity index (χ3v) is 5.01. The molecule has 0 bridgehead atoms. The van der Waals surface area contributed by atoms with E-state index in [0.717, 1.165) is 18.5 Å². The molecule has 3 rings (SSSR count). The maximum absolute atomic E-state index is 12.9. The first kappa shape index (κ1) is 20.7. The van der Waals surface area contributed by atoms with Crippen molar-refractivity contribution in [2.75, 3.05) is 27.2 Å². The van der Waals surface area contributed by atoms with E-state index in [4.69, 9.17) is 0 Å². The Balaban J connectivity index is 2.10. The van der Waals surface area contributed by atoms with Crippen molar-refractivity contribution in [3.8, 4) is 0 Å². The molecule has 0 spiro atoms. The molecule has 152 valence electrons. The molecule has 1 aromatic heterocycles. The lowest BCUT2D eigenvalue weighted by molar-refractivity contribution is -0.139. The van der Waals surface area contributed by atoms with Gasteiger partial charge in [0.2, 0.25) is 0 Å². The lowest BCUT2D eigenvalue weighted by Gasteiger charge is -2.26. The molecule has 0 radical (unpaired) electrons. The number of rotatable bonds is 6. The molecule has 0 saturated carbocycles. The van der Waals surface area contributed by atoms with Crippen LogP contribution < -0.4 is 0 Å². The van der Waals surface area contributed by atoms with E-state index in [9.17, 15) is 14.7 Å². The normalized spacial score (nSPS) is 18.7. The van der Waals surface area contributed by atoms with Crippen LogP contribution in [0.2, 0.25) is 0 Å². The Morgan fingerprint density at radius 1 is 1.17 bits per heavy atom. The van der Waals surface area contributed by atoms with Gasteiger partial charge < -0.3 is 14.9 Å². The number of aromatic nitrogens is 2. The van der Waals surface area contributed by atoms with Crippen molar-refractivity contribution in [3.05, 3.63) is 64.7 Å². The van der Waals surface area contributed by atoms with Crippen molar-refractivity contribution in [1.29, 1.82) is 0 Å². The average Bonchev–Trinajstić information content (AvgIpc) is 2.93. The van der Waals surface area contributed by atoms with Gasteiger partial charge in [0.05, 0.1) is 22.9 Å². The second-order valence-electron chi connectivity index (χ2n) is 7.48. The minimum Gasteiger partial charge on any atom is -0.507 e. The first-order chi connectivity index (χ1) is 13.8. The van der Waals surface area contributed by atoms with E-state index in [0.29, 0.717) is 23.6 Å². The highest BCUT2D eigenvalue weighted by molar-refractivity contribution is 6.46. The summed E-state index contributed by atoms with van der Waals surface area (Å²) < 4.78 is 0. The van der Waals surface area contributed by atoms with Gasteiger partial charge in [-0.15, -0.1) is 0 Å². The number of aliphatic hydroxyl groups excluding tert-OH is 1. The molecule has 1 amide bonds. The van der Waals surface area contributed by atoms with Crippen LogP contribution in [0.15, 0.2) is 42.1 Å². The summed E-state index contributed by atoms with van der Waals surface area (Å²) in [5.74, 6) is -0.932. The van der Waals surface area contributed by atoms with Crippen LogP contribution in [-0.4, -0.2) is 63.7 Å². The number of carbonyl (C=O) groups excluding carboxylic acids is 2. The van der Waals surface area contributed by atoms with E-state index in [2.05, 4.69) is 9.97 Å². The van der Waals surface area contributed by atoms with Crippen LogP contribution in [0.4, 0.5) is 0 Å². The Morgan fingerprint density at radius 3 is 2.48 bits per heavy atom. The Morgan fingerprint density at radius 2 is 1.86 bits per heavy atom. The standard InChI is InChI=1S/C22H26N4O3/c1-14-17(13-23-15(2)24-14)20(27)18-19(16-9-6-5-7-10-16)26(22(29)21(18)28)12-8-11-25(3)4/h5-7,9-10,13,19,27H,8,11-12H2,1-4H3/b20-18+/t19-/m1/s1. The van der Waals surface area contributed by atoms with Gasteiger partial charge in [-0.05, 0) is 46.5 Å².